The second-order valence-electron chi connectivity index (χ2n) is 6.90. The average molecular weight is 412 g/mol. The molecule has 3 heterocycles. The van der Waals surface area contributed by atoms with E-state index in [1.807, 2.05) is 20.0 Å². The number of anilines is 1. The van der Waals surface area contributed by atoms with Gasteiger partial charge in [0.15, 0.2) is 17.3 Å². The van der Waals surface area contributed by atoms with Gasteiger partial charge in [-0.2, -0.15) is 18.3 Å². The number of aromatic nitrogens is 3. The Morgan fingerprint density at radius 3 is 2.62 bits per heavy atom. The Morgan fingerprint density at radius 1 is 1.31 bits per heavy atom. The Labute approximate surface area is 164 Å². The van der Waals surface area contributed by atoms with Gasteiger partial charge in [-0.3, -0.25) is 9.48 Å². The van der Waals surface area contributed by atoms with Crippen LogP contribution in [0.3, 0.4) is 0 Å². The van der Waals surface area contributed by atoms with Crippen molar-refractivity contribution >= 4 is 11.7 Å². The number of nitrogens with two attached hydrogens (primary N) is 1. The fraction of sp³-hybridized carbons (Fsp3) is 0.389. The van der Waals surface area contributed by atoms with Gasteiger partial charge in [0.2, 0.25) is 0 Å². The van der Waals surface area contributed by atoms with E-state index in [-0.39, 0.29) is 19.1 Å². The van der Waals surface area contributed by atoms with Crippen LogP contribution < -0.4 is 11.1 Å². The molecule has 0 saturated heterocycles. The number of pyridine rings is 1. The van der Waals surface area contributed by atoms with Crippen molar-refractivity contribution < 1.29 is 22.4 Å². The lowest BCUT2D eigenvalue weighted by Crippen LogP contribution is -2.40. The summed E-state index contributed by atoms with van der Waals surface area (Å²) in [7, 11) is 0. The molecule has 1 aliphatic rings. The molecule has 156 valence electrons. The van der Waals surface area contributed by atoms with Gasteiger partial charge >= 0.3 is 6.18 Å². The van der Waals surface area contributed by atoms with E-state index in [2.05, 4.69) is 15.4 Å². The van der Waals surface area contributed by atoms with Crippen molar-refractivity contribution in [2.24, 2.45) is 5.73 Å². The zero-order valence-corrected chi connectivity index (χ0v) is 15.8. The smallest absolute Gasteiger partial charge is 0.399 e. The molecule has 2 aromatic heterocycles. The molecule has 0 unspecified atom stereocenters. The Kier molecular flexibility index (Phi) is 5.49. The third kappa shape index (κ3) is 4.33. The summed E-state index contributed by atoms with van der Waals surface area (Å²) in [5.74, 6) is -1.97. The zero-order chi connectivity index (χ0) is 21.3. The number of hydrogen-bond acceptors (Lipinski definition) is 5. The van der Waals surface area contributed by atoms with Gasteiger partial charge in [-0.15, -0.1) is 0 Å². The van der Waals surface area contributed by atoms with Crippen LogP contribution in [0, 0.1) is 5.82 Å². The predicted octanol–water partition coefficient (Wildman–Crippen LogP) is 3.15. The summed E-state index contributed by atoms with van der Waals surface area (Å²) in [5, 5.41) is 7.45. The minimum atomic E-state index is -4.99. The van der Waals surface area contributed by atoms with Crippen LogP contribution in [0.4, 0.5) is 23.4 Å². The van der Waals surface area contributed by atoms with Gasteiger partial charge in [-0.05, 0) is 19.9 Å². The first kappa shape index (κ1) is 20.6. The largest absolute Gasteiger partial charge is 0.436 e. The second kappa shape index (κ2) is 7.72. The number of carbonyl (C=O) groups excluding carboxylic acids is 1. The van der Waals surface area contributed by atoms with Crippen LogP contribution in [0.1, 0.15) is 42.4 Å². The van der Waals surface area contributed by atoms with E-state index in [0.717, 1.165) is 12.3 Å². The minimum Gasteiger partial charge on any atom is -0.399 e. The van der Waals surface area contributed by atoms with Gasteiger partial charge in [-0.1, -0.05) is 0 Å². The van der Waals surface area contributed by atoms with E-state index in [1.165, 1.54) is 4.90 Å². The van der Waals surface area contributed by atoms with E-state index < -0.39 is 29.2 Å². The second-order valence-corrected chi connectivity index (χ2v) is 6.90. The molecule has 3 rings (SSSR count). The van der Waals surface area contributed by atoms with Crippen molar-refractivity contribution in [3.05, 3.63) is 53.0 Å². The van der Waals surface area contributed by atoms with Crippen LogP contribution in [-0.4, -0.2) is 38.7 Å². The molecule has 0 fully saturated rings. The standard InChI is InChI=1S/C18H20F4N6O/c1-10(2)28-8-5-14(26-28)25-13-4-7-27(9-12(13)23)17(29)11-3-6-24-16(15(11)19)18(20,21)22/h3,5-6,8,10H,4,7,9,23H2,1-2H3,(H,25,26). The molecule has 2 aromatic rings. The number of rotatable bonds is 4. The molecule has 1 amide bonds. The summed E-state index contributed by atoms with van der Waals surface area (Å²) < 4.78 is 54.5. The van der Waals surface area contributed by atoms with Crippen LogP contribution in [0.5, 0.6) is 0 Å². The lowest BCUT2D eigenvalue weighted by molar-refractivity contribution is -0.143. The third-order valence-electron chi connectivity index (χ3n) is 4.47. The number of nitrogens with one attached hydrogen (secondary N) is 1. The number of nitrogens with zero attached hydrogens (tertiary/aromatic N) is 4. The summed E-state index contributed by atoms with van der Waals surface area (Å²) >= 11 is 0. The van der Waals surface area contributed by atoms with E-state index in [4.69, 9.17) is 5.73 Å². The molecule has 1 aliphatic heterocycles. The first-order chi connectivity index (χ1) is 13.6. The first-order valence-electron chi connectivity index (χ1n) is 8.88. The van der Waals surface area contributed by atoms with Gasteiger partial charge in [0.1, 0.15) is 0 Å². The molecule has 29 heavy (non-hydrogen) atoms. The normalized spacial score (nSPS) is 15.2. The molecule has 0 bridgehead atoms. The van der Waals surface area contributed by atoms with Crippen molar-refractivity contribution in [3.8, 4) is 0 Å². The van der Waals surface area contributed by atoms with Crippen LogP contribution in [0.2, 0.25) is 0 Å². The maximum absolute atomic E-state index is 14.2. The maximum Gasteiger partial charge on any atom is 0.436 e. The number of alkyl halides is 3. The molecular formula is C18H20F4N6O. The Bertz CT molecular complexity index is 950. The SMILES string of the molecule is CC(C)n1ccc(NC2=C(N)CN(C(=O)c3ccnc(C(F)(F)F)c3F)CC2)n1. The van der Waals surface area contributed by atoms with Crippen molar-refractivity contribution in [1.82, 2.24) is 19.7 Å². The lowest BCUT2D eigenvalue weighted by atomic mass is 10.1. The van der Waals surface area contributed by atoms with Crippen molar-refractivity contribution in [2.45, 2.75) is 32.5 Å². The lowest BCUT2D eigenvalue weighted by Gasteiger charge is -2.29. The topological polar surface area (TPSA) is 89.1 Å². The molecular weight excluding hydrogens is 392 g/mol. The molecule has 0 radical (unpaired) electrons. The Hall–Kier alpha value is -3.11. The van der Waals surface area contributed by atoms with Crippen LogP contribution in [-0.2, 0) is 6.18 Å². The number of amides is 1. The Balaban J connectivity index is 1.75. The highest BCUT2D eigenvalue weighted by molar-refractivity contribution is 5.95. The fourth-order valence-corrected chi connectivity index (χ4v) is 2.93. The third-order valence-corrected chi connectivity index (χ3v) is 4.47. The van der Waals surface area contributed by atoms with Crippen molar-refractivity contribution in [1.29, 1.82) is 0 Å². The van der Waals surface area contributed by atoms with Gasteiger partial charge in [0.05, 0.1) is 12.1 Å². The van der Waals surface area contributed by atoms with Gasteiger partial charge < -0.3 is 16.0 Å². The average Bonchev–Trinajstić information content (AvgIpc) is 3.11. The van der Waals surface area contributed by atoms with Crippen LogP contribution in [0.15, 0.2) is 35.9 Å². The number of hydrogen-bond donors (Lipinski definition) is 2. The van der Waals surface area contributed by atoms with E-state index >= 15 is 0 Å². The monoisotopic (exact) mass is 412 g/mol. The van der Waals surface area contributed by atoms with E-state index in [1.54, 1.807) is 10.7 Å². The fourth-order valence-electron chi connectivity index (χ4n) is 2.93. The molecule has 0 saturated carbocycles. The molecule has 0 spiro atoms. The summed E-state index contributed by atoms with van der Waals surface area (Å²) in [6, 6.07) is 2.90. The van der Waals surface area contributed by atoms with Crippen LogP contribution in [0.25, 0.3) is 0 Å². The minimum absolute atomic E-state index is 0.0465. The predicted molar refractivity (Wildman–Crippen MR) is 97.2 cm³/mol. The molecule has 0 aliphatic carbocycles. The van der Waals surface area contributed by atoms with Gasteiger partial charge in [0.25, 0.3) is 5.91 Å². The summed E-state index contributed by atoms with van der Waals surface area (Å²) in [4.78, 5) is 16.8. The van der Waals surface area contributed by atoms with E-state index in [0.29, 0.717) is 23.6 Å². The highest BCUT2D eigenvalue weighted by Gasteiger charge is 2.38. The molecule has 0 atom stereocenters. The molecule has 11 heteroatoms. The summed E-state index contributed by atoms with van der Waals surface area (Å²) in [5.41, 5.74) is 4.63. The zero-order valence-electron chi connectivity index (χ0n) is 15.8. The summed E-state index contributed by atoms with van der Waals surface area (Å²) in [6.45, 7) is 4.08. The highest BCUT2D eigenvalue weighted by atomic mass is 19.4. The van der Waals surface area contributed by atoms with Crippen LogP contribution >= 0.6 is 0 Å². The molecule has 0 aromatic carbocycles. The highest BCUT2D eigenvalue weighted by Crippen LogP contribution is 2.31. The van der Waals surface area contributed by atoms with Gasteiger partial charge in [-0.25, -0.2) is 9.37 Å². The van der Waals surface area contributed by atoms with Crippen molar-refractivity contribution in [2.75, 3.05) is 18.4 Å². The summed E-state index contributed by atoms with van der Waals surface area (Å²) in [6.07, 6.45) is -2.09. The molecule has 7 nitrogen and oxygen atoms in total. The number of halogens is 4. The quantitative estimate of drug-likeness (QED) is 0.754. The Morgan fingerprint density at radius 2 is 2.03 bits per heavy atom. The van der Waals surface area contributed by atoms with E-state index in [9.17, 15) is 22.4 Å². The molecule has 3 N–H and O–H groups in total. The van der Waals surface area contributed by atoms with Crippen molar-refractivity contribution in [3.63, 3.8) is 0 Å². The maximum atomic E-state index is 14.2. The first-order valence-corrected chi connectivity index (χ1v) is 8.88. The van der Waals surface area contributed by atoms with Gasteiger partial charge in [0, 0.05) is 48.9 Å². The number of carbonyl (C=O) groups is 1.